The summed E-state index contributed by atoms with van der Waals surface area (Å²) in [5.41, 5.74) is 0. The van der Waals surface area contributed by atoms with Crippen molar-refractivity contribution in [2.75, 3.05) is 12.3 Å². The Morgan fingerprint density at radius 3 is 2.72 bits per heavy atom. The minimum Gasteiger partial charge on any atom is -0.314 e. The highest BCUT2D eigenvalue weighted by molar-refractivity contribution is 7.99. The van der Waals surface area contributed by atoms with Gasteiger partial charge in [0, 0.05) is 23.8 Å². The summed E-state index contributed by atoms with van der Waals surface area (Å²) < 4.78 is 2.43. The van der Waals surface area contributed by atoms with Crippen molar-refractivity contribution in [2.45, 2.75) is 62.7 Å². The molecule has 3 rings (SSSR count). The monoisotopic (exact) mass is 266 g/mol. The minimum absolute atomic E-state index is 0.536. The van der Waals surface area contributed by atoms with Crippen molar-refractivity contribution in [3.8, 4) is 0 Å². The Hall–Kier alpha value is -0.550. The summed E-state index contributed by atoms with van der Waals surface area (Å²) >= 11 is 1.86. The van der Waals surface area contributed by atoms with Crippen LogP contribution < -0.4 is 5.32 Å². The summed E-state index contributed by atoms with van der Waals surface area (Å²) in [7, 11) is 0. The van der Waals surface area contributed by atoms with Crippen molar-refractivity contribution < 1.29 is 0 Å². The second kappa shape index (κ2) is 5.21. The SMILES string of the molecule is CCNC(C)CSc1nnc(C2CC2)n1C1CC1. The fourth-order valence-electron chi connectivity index (χ4n) is 2.29. The maximum absolute atomic E-state index is 4.44. The zero-order chi connectivity index (χ0) is 12.5. The molecule has 0 spiro atoms. The molecule has 1 aromatic rings. The van der Waals surface area contributed by atoms with E-state index in [0.29, 0.717) is 18.0 Å². The first kappa shape index (κ1) is 12.5. The fraction of sp³-hybridized carbons (Fsp3) is 0.846. The third-order valence-corrected chi connectivity index (χ3v) is 4.76. The van der Waals surface area contributed by atoms with Crippen molar-refractivity contribution >= 4 is 11.8 Å². The van der Waals surface area contributed by atoms with E-state index >= 15 is 0 Å². The van der Waals surface area contributed by atoms with Gasteiger partial charge >= 0.3 is 0 Å². The van der Waals surface area contributed by atoms with Crippen molar-refractivity contribution in [3.63, 3.8) is 0 Å². The molecule has 2 aliphatic rings. The van der Waals surface area contributed by atoms with Crippen LogP contribution in [0.25, 0.3) is 0 Å². The highest BCUT2D eigenvalue weighted by Gasteiger charge is 2.36. The largest absolute Gasteiger partial charge is 0.314 e. The highest BCUT2D eigenvalue weighted by Crippen LogP contribution is 2.45. The zero-order valence-electron chi connectivity index (χ0n) is 11.2. The molecule has 2 aliphatic carbocycles. The van der Waals surface area contributed by atoms with E-state index in [1.54, 1.807) is 0 Å². The molecule has 0 amide bonds. The molecule has 1 heterocycles. The lowest BCUT2D eigenvalue weighted by molar-refractivity contribution is 0.610. The van der Waals surface area contributed by atoms with E-state index in [1.807, 2.05) is 11.8 Å². The molecule has 1 atom stereocenters. The Morgan fingerprint density at radius 2 is 2.11 bits per heavy atom. The molecule has 18 heavy (non-hydrogen) atoms. The van der Waals surface area contributed by atoms with Gasteiger partial charge in [0.2, 0.25) is 0 Å². The average Bonchev–Trinajstić information content (AvgIpc) is 3.25. The lowest BCUT2D eigenvalue weighted by Gasteiger charge is -2.12. The number of thioether (sulfide) groups is 1. The maximum atomic E-state index is 4.44. The molecule has 0 aromatic carbocycles. The van der Waals surface area contributed by atoms with Crippen molar-refractivity contribution in [1.82, 2.24) is 20.1 Å². The number of rotatable bonds is 7. The maximum Gasteiger partial charge on any atom is 0.191 e. The summed E-state index contributed by atoms with van der Waals surface area (Å²) in [6, 6.07) is 1.24. The summed E-state index contributed by atoms with van der Waals surface area (Å²) in [4.78, 5) is 0. The van der Waals surface area contributed by atoms with E-state index in [-0.39, 0.29) is 0 Å². The summed E-state index contributed by atoms with van der Waals surface area (Å²) in [5.74, 6) is 3.04. The Balaban J connectivity index is 1.67. The fourth-order valence-corrected chi connectivity index (χ4v) is 3.29. The molecular weight excluding hydrogens is 244 g/mol. The van der Waals surface area contributed by atoms with Crippen LogP contribution in [0.3, 0.4) is 0 Å². The number of hydrogen-bond acceptors (Lipinski definition) is 4. The van der Waals surface area contributed by atoms with E-state index in [2.05, 4.69) is 33.9 Å². The normalized spacial score (nSPS) is 21.2. The van der Waals surface area contributed by atoms with Gasteiger partial charge in [0.15, 0.2) is 5.16 Å². The predicted octanol–water partition coefficient (Wildman–Crippen LogP) is 2.58. The first-order chi connectivity index (χ1) is 8.79. The Kier molecular flexibility index (Phi) is 3.61. The predicted molar refractivity (Wildman–Crippen MR) is 74.1 cm³/mol. The van der Waals surface area contributed by atoms with E-state index in [0.717, 1.165) is 17.5 Å². The quantitative estimate of drug-likeness (QED) is 0.770. The van der Waals surface area contributed by atoms with E-state index < -0.39 is 0 Å². The molecule has 0 bridgehead atoms. The second-order valence-electron chi connectivity index (χ2n) is 5.49. The van der Waals surface area contributed by atoms with Gasteiger partial charge in [-0.15, -0.1) is 10.2 Å². The van der Waals surface area contributed by atoms with Crippen LogP contribution in [0.5, 0.6) is 0 Å². The van der Waals surface area contributed by atoms with Gasteiger partial charge in [-0.1, -0.05) is 18.7 Å². The van der Waals surface area contributed by atoms with Crippen molar-refractivity contribution in [3.05, 3.63) is 5.82 Å². The van der Waals surface area contributed by atoms with Crippen LogP contribution in [0.1, 0.15) is 57.3 Å². The minimum atomic E-state index is 0.536. The number of hydrogen-bond donors (Lipinski definition) is 1. The molecule has 4 nitrogen and oxygen atoms in total. The molecule has 0 saturated heterocycles. The molecule has 2 saturated carbocycles. The number of nitrogens with zero attached hydrogens (tertiary/aromatic N) is 3. The van der Waals surface area contributed by atoms with E-state index in [4.69, 9.17) is 0 Å². The van der Waals surface area contributed by atoms with Gasteiger partial charge in [0.1, 0.15) is 5.82 Å². The third-order valence-electron chi connectivity index (χ3n) is 3.56. The first-order valence-corrected chi connectivity index (χ1v) is 8.09. The van der Waals surface area contributed by atoms with Gasteiger partial charge in [0.25, 0.3) is 0 Å². The van der Waals surface area contributed by atoms with Crippen LogP contribution in [0.15, 0.2) is 5.16 Å². The molecule has 1 aromatic heterocycles. The smallest absolute Gasteiger partial charge is 0.191 e. The van der Waals surface area contributed by atoms with Gasteiger partial charge in [-0.05, 0) is 39.2 Å². The molecule has 5 heteroatoms. The number of aromatic nitrogens is 3. The van der Waals surface area contributed by atoms with Gasteiger partial charge in [-0.3, -0.25) is 0 Å². The molecule has 0 aliphatic heterocycles. The van der Waals surface area contributed by atoms with E-state index in [9.17, 15) is 0 Å². The summed E-state index contributed by atoms with van der Waals surface area (Å²) in [6.07, 6.45) is 5.24. The second-order valence-corrected chi connectivity index (χ2v) is 6.47. The molecule has 0 radical (unpaired) electrons. The van der Waals surface area contributed by atoms with Crippen molar-refractivity contribution in [1.29, 1.82) is 0 Å². The first-order valence-electron chi connectivity index (χ1n) is 7.10. The van der Waals surface area contributed by atoms with Gasteiger partial charge in [0.05, 0.1) is 0 Å². The van der Waals surface area contributed by atoms with Crippen LogP contribution in [-0.4, -0.2) is 33.1 Å². The molecule has 1 unspecified atom stereocenters. The Labute approximate surface area is 113 Å². The van der Waals surface area contributed by atoms with Crippen LogP contribution in [0, 0.1) is 0 Å². The van der Waals surface area contributed by atoms with Gasteiger partial charge in [-0.25, -0.2) is 0 Å². The van der Waals surface area contributed by atoms with E-state index in [1.165, 1.54) is 31.5 Å². The summed E-state index contributed by atoms with van der Waals surface area (Å²) in [6.45, 7) is 5.42. The third kappa shape index (κ3) is 2.72. The standard InChI is InChI=1S/C13H22N4S/c1-3-14-9(2)8-18-13-16-15-12(10-4-5-10)17(13)11-6-7-11/h9-11,14H,3-8H2,1-2H3. The topological polar surface area (TPSA) is 42.7 Å². The van der Waals surface area contributed by atoms with Crippen molar-refractivity contribution in [2.24, 2.45) is 0 Å². The Morgan fingerprint density at radius 1 is 1.33 bits per heavy atom. The van der Waals surface area contributed by atoms with Gasteiger partial charge in [-0.2, -0.15) is 0 Å². The van der Waals surface area contributed by atoms with Crippen LogP contribution in [0.4, 0.5) is 0 Å². The highest BCUT2D eigenvalue weighted by atomic mass is 32.2. The van der Waals surface area contributed by atoms with Crippen LogP contribution >= 0.6 is 11.8 Å². The number of nitrogens with one attached hydrogen (secondary N) is 1. The molecular formula is C13H22N4S. The van der Waals surface area contributed by atoms with Gasteiger partial charge < -0.3 is 9.88 Å². The average molecular weight is 266 g/mol. The van der Waals surface area contributed by atoms with Crippen LogP contribution in [-0.2, 0) is 0 Å². The van der Waals surface area contributed by atoms with Crippen LogP contribution in [0.2, 0.25) is 0 Å². The molecule has 100 valence electrons. The zero-order valence-corrected chi connectivity index (χ0v) is 12.0. The summed E-state index contributed by atoms with van der Waals surface area (Å²) in [5, 5.41) is 13.4. The lowest BCUT2D eigenvalue weighted by atomic mass is 10.4. The molecule has 2 fully saturated rings. The Bertz CT molecular complexity index is 409. The lowest BCUT2D eigenvalue weighted by Crippen LogP contribution is -2.27. The molecule has 1 N–H and O–H groups in total.